The molecule has 0 spiro atoms. The fraction of sp³-hybridized carbons (Fsp3) is 0.923. The molecule has 0 aromatic heterocycles. The SMILES string of the molecule is CN1CCC(CN(C)C(=O)CCCCCN)C1. The van der Waals surface area contributed by atoms with Gasteiger partial charge in [0.1, 0.15) is 0 Å². The summed E-state index contributed by atoms with van der Waals surface area (Å²) >= 11 is 0. The van der Waals surface area contributed by atoms with Crippen molar-refractivity contribution >= 4 is 5.91 Å². The van der Waals surface area contributed by atoms with Crippen LogP contribution in [0.3, 0.4) is 0 Å². The van der Waals surface area contributed by atoms with Gasteiger partial charge in [-0.1, -0.05) is 6.42 Å². The Labute approximate surface area is 105 Å². The number of likely N-dealkylation sites (tertiary alicyclic amines) is 1. The summed E-state index contributed by atoms with van der Waals surface area (Å²) in [5.74, 6) is 0.953. The van der Waals surface area contributed by atoms with Gasteiger partial charge in [-0.2, -0.15) is 0 Å². The van der Waals surface area contributed by atoms with Gasteiger partial charge in [0.2, 0.25) is 5.91 Å². The lowest BCUT2D eigenvalue weighted by atomic mass is 10.1. The van der Waals surface area contributed by atoms with Crippen LogP contribution >= 0.6 is 0 Å². The summed E-state index contributed by atoms with van der Waals surface area (Å²) in [5.41, 5.74) is 5.43. The molecule has 2 N–H and O–H groups in total. The Morgan fingerprint density at radius 3 is 2.76 bits per heavy atom. The Morgan fingerprint density at radius 2 is 2.18 bits per heavy atom. The normalized spacial score (nSPS) is 20.8. The minimum absolute atomic E-state index is 0.288. The third kappa shape index (κ3) is 5.50. The van der Waals surface area contributed by atoms with Crippen molar-refractivity contribution in [3.63, 3.8) is 0 Å². The lowest BCUT2D eigenvalue weighted by molar-refractivity contribution is -0.130. The molecule has 1 unspecified atom stereocenters. The molecule has 1 rings (SSSR count). The standard InChI is InChI=1S/C13H27N3O/c1-15-9-7-12(10-15)11-16(2)13(17)6-4-3-5-8-14/h12H,3-11,14H2,1-2H3. The van der Waals surface area contributed by atoms with Crippen molar-refractivity contribution in [3.8, 4) is 0 Å². The van der Waals surface area contributed by atoms with Gasteiger partial charge in [0, 0.05) is 26.6 Å². The van der Waals surface area contributed by atoms with Gasteiger partial charge < -0.3 is 15.5 Å². The van der Waals surface area contributed by atoms with Gasteiger partial charge in [-0.3, -0.25) is 4.79 Å². The zero-order valence-electron chi connectivity index (χ0n) is 11.3. The second-order valence-corrected chi connectivity index (χ2v) is 5.29. The van der Waals surface area contributed by atoms with E-state index in [0.29, 0.717) is 12.3 Å². The predicted octanol–water partition coefficient (Wildman–Crippen LogP) is 0.916. The first-order valence-corrected chi connectivity index (χ1v) is 6.76. The quantitative estimate of drug-likeness (QED) is 0.674. The van der Waals surface area contributed by atoms with E-state index in [-0.39, 0.29) is 5.91 Å². The molecule has 0 aliphatic carbocycles. The topological polar surface area (TPSA) is 49.6 Å². The number of nitrogens with two attached hydrogens (primary N) is 1. The number of hydrogen-bond acceptors (Lipinski definition) is 3. The van der Waals surface area contributed by atoms with E-state index >= 15 is 0 Å². The van der Waals surface area contributed by atoms with Crippen LogP contribution in [0.15, 0.2) is 0 Å². The first kappa shape index (κ1) is 14.5. The van der Waals surface area contributed by atoms with Gasteiger partial charge >= 0.3 is 0 Å². The number of rotatable bonds is 7. The van der Waals surface area contributed by atoms with Crippen LogP contribution in [-0.2, 0) is 4.79 Å². The van der Waals surface area contributed by atoms with Crippen LogP contribution in [-0.4, -0.2) is 56.0 Å². The fourth-order valence-electron chi connectivity index (χ4n) is 2.45. The molecule has 1 fully saturated rings. The number of nitrogens with zero attached hydrogens (tertiary/aromatic N) is 2. The molecule has 0 bridgehead atoms. The van der Waals surface area contributed by atoms with Crippen molar-refractivity contribution in [1.82, 2.24) is 9.80 Å². The maximum Gasteiger partial charge on any atom is 0.222 e. The van der Waals surface area contributed by atoms with Crippen molar-refractivity contribution in [2.75, 3.05) is 40.3 Å². The molecule has 1 aliphatic heterocycles. The number of carbonyl (C=O) groups is 1. The van der Waals surface area contributed by atoms with Gasteiger partial charge in [0.25, 0.3) is 0 Å². The fourth-order valence-corrected chi connectivity index (χ4v) is 2.45. The van der Waals surface area contributed by atoms with E-state index in [1.54, 1.807) is 0 Å². The molecule has 1 saturated heterocycles. The molecule has 4 heteroatoms. The summed E-state index contributed by atoms with van der Waals surface area (Å²) in [7, 11) is 4.08. The van der Waals surface area contributed by atoms with Crippen molar-refractivity contribution in [2.24, 2.45) is 11.7 Å². The lowest BCUT2D eigenvalue weighted by Crippen LogP contribution is -2.32. The Balaban J connectivity index is 2.13. The highest BCUT2D eigenvalue weighted by Crippen LogP contribution is 2.15. The van der Waals surface area contributed by atoms with Crippen LogP contribution in [0, 0.1) is 5.92 Å². The highest BCUT2D eigenvalue weighted by atomic mass is 16.2. The van der Waals surface area contributed by atoms with Crippen LogP contribution < -0.4 is 5.73 Å². The number of amides is 1. The molecule has 1 heterocycles. The first-order valence-electron chi connectivity index (χ1n) is 6.76. The van der Waals surface area contributed by atoms with Gasteiger partial charge in [-0.05, 0) is 45.3 Å². The Hall–Kier alpha value is -0.610. The van der Waals surface area contributed by atoms with Crippen LogP contribution in [0.4, 0.5) is 0 Å². The van der Waals surface area contributed by atoms with Crippen molar-refractivity contribution in [3.05, 3.63) is 0 Å². The molecular weight excluding hydrogens is 214 g/mol. The molecule has 4 nitrogen and oxygen atoms in total. The molecule has 100 valence electrons. The second kappa shape index (κ2) is 7.67. The van der Waals surface area contributed by atoms with Gasteiger partial charge in [0.05, 0.1) is 0 Å². The first-order chi connectivity index (χ1) is 8.13. The number of hydrogen-bond donors (Lipinski definition) is 1. The van der Waals surface area contributed by atoms with Gasteiger partial charge in [-0.25, -0.2) is 0 Å². The van der Waals surface area contributed by atoms with E-state index in [9.17, 15) is 4.79 Å². The summed E-state index contributed by atoms with van der Waals surface area (Å²) in [6.07, 6.45) is 4.98. The highest BCUT2D eigenvalue weighted by Gasteiger charge is 2.22. The van der Waals surface area contributed by atoms with Crippen LogP contribution in [0.25, 0.3) is 0 Å². The third-order valence-corrected chi connectivity index (χ3v) is 3.54. The molecule has 1 aliphatic rings. The molecule has 1 atom stereocenters. The summed E-state index contributed by atoms with van der Waals surface area (Å²) < 4.78 is 0. The van der Waals surface area contributed by atoms with Crippen molar-refractivity contribution < 1.29 is 4.79 Å². The molecule has 1 amide bonds. The summed E-state index contributed by atoms with van der Waals surface area (Å²) in [6, 6.07) is 0. The monoisotopic (exact) mass is 241 g/mol. The summed E-state index contributed by atoms with van der Waals surface area (Å²) in [5, 5.41) is 0. The maximum absolute atomic E-state index is 11.9. The van der Waals surface area contributed by atoms with Crippen LogP contribution in [0.5, 0.6) is 0 Å². The largest absolute Gasteiger partial charge is 0.345 e. The molecular formula is C13H27N3O. The lowest BCUT2D eigenvalue weighted by Gasteiger charge is -2.21. The minimum Gasteiger partial charge on any atom is -0.345 e. The van der Waals surface area contributed by atoms with E-state index < -0.39 is 0 Å². The maximum atomic E-state index is 11.9. The average Bonchev–Trinajstić information content (AvgIpc) is 2.70. The smallest absolute Gasteiger partial charge is 0.222 e. The molecule has 0 aromatic carbocycles. The zero-order valence-corrected chi connectivity index (χ0v) is 11.3. The van der Waals surface area contributed by atoms with E-state index in [4.69, 9.17) is 5.73 Å². The third-order valence-electron chi connectivity index (χ3n) is 3.54. The summed E-state index contributed by atoms with van der Waals surface area (Å²) in [6.45, 7) is 3.95. The second-order valence-electron chi connectivity index (χ2n) is 5.29. The number of carbonyl (C=O) groups excluding carboxylic acids is 1. The minimum atomic E-state index is 0.288. The predicted molar refractivity (Wildman–Crippen MR) is 70.8 cm³/mol. The van der Waals surface area contributed by atoms with Crippen LogP contribution in [0.2, 0.25) is 0 Å². The molecule has 17 heavy (non-hydrogen) atoms. The van der Waals surface area contributed by atoms with Gasteiger partial charge in [-0.15, -0.1) is 0 Å². The van der Waals surface area contributed by atoms with E-state index in [0.717, 1.165) is 38.9 Å². The molecule has 0 radical (unpaired) electrons. The molecule has 0 saturated carbocycles. The van der Waals surface area contributed by atoms with E-state index in [2.05, 4.69) is 11.9 Å². The summed E-state index contributed by atoms with van der Waals surface area (Å²) in [4.78, 5) is 16.1. The van der Waals surface area contributed by atoms with Gasteiger partial charge in [0.15, 0.2) is 0 Å². The average molecular weight is 241 g/mol. The highest BCUT2D eigenvalue weighted by molar-refractivity contribution is 5.75. The van der Waals surface area contributed by atoms with E-state index in [1.807, 2.05) is 11.9 Å². The van der Waals surface area contributed by atoms with Crippen molar-refractivity contribution in [2.45, 2.75) is 32.1 Å². The Morgan fingerprint density at radius 1 is 1.41 bits per heavy atom. The number of unbranched alkanes of at least 4 members (excludes halogenated alkanes) is 2. The Bertz CT molecular complexity index is 233. The van der Waals surface area contributed by atoms with E-state index in [1.165, 1.54) is 13.0 Å². The van der Waals surface area contributed by atoms with Crippen molar-refractivity contribution in [1.29, 1.82) is 0 Å². The Kier molecular flexibility index (Phi) is 6.52. The van der Waals surface area contributed by atoms with Crippen LogP contribution in [0.1, 0.15) is 32.1 Å². The zero-order chi connectivity index (χ0) is 12.7. The molecule has 0 aromatic rings.